The van der Waals surface area contributed by atoms with Crippen molar-refractivity contribution in [3.63, 3.8) is 0 Å². The summed E-state index contributed by atoms with van der Waals surface area (Å²) in [5.74, 6) is -0.849. The number of aromatic nitrogens is 1. The van der Waals surface area contributed by atoms with E-state index in [0.29, 0.717) is 24.6 Å². The van der Waals surface area contributed by atoms with Crippen molar-refractivity contribution in [2.45, 2.75) is 45.3 Å². The second kappa shape index (κ2) is 9.02. The molecule has 0 spiro atoms. The molecule has 1 aromatic heterocycles. The summed E-state index contributed by atoms with van der Waals surface area (Å²) in [6, 6.07) is 8.31. The molecular weight excluding hydrogens is 398 g/mol. The van der Waals surface area contributed by atoms with Crippen molar-refractivity contribution < 1.29 is 22.4 Å². The van der Waals surface area contributed by atoms with Crippen molar-refractivity contribution in [1.82, 2.24) is 10.3 Å². The van der Waals surface area contributed by atoms with Gasteiger partial charge in [0, 0.05) is 25.2 Å². The Kier molecular flexibility index (Phi) is 6.63. The van der Waals surface area contributed by atoms with Gasteiger partial charge in [-0.05, 0) is 43.4 Å². The topological polar surface area (TPSA) is 45.2 Å². The predicted molar refractivity (Wildman–Crippen MR) is 107 cm³/mol. The van der Waals surface area contributed by atoms with Gasteiger partial charge in [-0.25, -0.2) is 9.37 Å². The highest BCUT2D eigenvalue weighted by Gasteiger charge is 2.34. The lowest BCUT2D eigenvalue weighted by molar-refractivity contribution is -0.141. The third-order valence-electron chi connectivity index (χ3n) is 5.55. The Morgan fingerprint density at radius 2 is 1.87 bits per heavy atom. The number of anilines is 1. The predicted octanol–water partition coefficient (Wildman–Crippen LogP) is 4.90. The van der Waals surface area contributed by atoms with Gasteiger partial charge in [-0.3, -0.25) is 4.79 Å². The maximum absolute atomic E-state index is 14.0. The number of hydrogen-bond donors (Lipinski definition) is 1. The minimum Gasteiger partial charge on any atom is -0.356 e. The van der Waals surface area contributed by atoms with Crippen LogP contribution in [0.3, 0.4) is 0 Å². The molecule has 1 fully saturated rings. The van der Waals surface area contributed by atoms with Crippen LogP contribution in [0.25, 0.3) is 0 Å². The molecule has 0 saturated carbocycles. The number of nitrogens with one attached hydrogen (secondary N) is 1. The largest absolute Gasteiger partial charge is 0.433 e. The molecule has 1 unspecified atom stereocenters. The molecule has 2 aromatic rings. The minimum atomic E-state index is -4.54. The van der Waals surface area contributed by atoms with E-state index in [1.165, 1.54) is 12.1 Å². The first-order valence-corrected chi connectivity index (χ1v) is 10.0. The molecule has 1 amide bonds. The Balaban J connectivity index is 1.79. The van der Waals surface area contributed by atoms with E-state index < -0.39 is 29.5 Å². The van der Waals surface area contributed by atoms with E-state index in [1.54, 1.807) is 25.1 Å². The quantitative estimate of drug-likeness (QED) is 0.696. The van der Waals surface area contributed by atoms with Crippen molar-refractivity contribution in [3.8, 4) is 0 Å². The number of benzene rings is 1. The van der Waals surface area contributed by atoms with E-state index in [2.05, 4.69) is 17.2 Å². The Hall–Kier alpha value is -2.64. The van der Waals surface area contributed by atoms with Gasteiger partial charge in [0.25, 0.3) is 0 Å². The molecule has 2 heterocycles. The monoisotopic (exact) mass is 423 g/mol. The van der Waals surface area contributed by atoms with E-state index in [0.717, 1.165) is 18.9 Å². The Morgan fingerprint density at radius 3 is 2.50 bits per heavy atom. The third-order valence-corrected chi connectivity index (χ3v) is 5.55. The van der Waals surface area contributed by atoms with Crippen LogP contribution in [0.15, 0.2) is 36.4 Å². The van der Waals surface area contributed by atoms with Crippen LogP contribution in [-0.2, 0) is 17.5 Å². The fraction of sp³-hybridized carbons (Fsp3) is 0.455. The summed E-state index contributed by atoms with van der Waals surface area (Å²) in [6.07, 6.45) is -2.80. The molecule has 1 aliphatic rings. The fourth-order valence-electron chi connectivity index (χ4n) is 3.57. The average molecular weight is 423 g/mol. The number of amides is 1. The van der Waals surface area contributed by atoms with Crippen LogP contribution in [0.2, 0.25) is 0 Å². The van der Waals surface area contributed by atoms with Crippen molar-refractivity contribution >= 4 is 11.7 Å². The summed E-state index contributed by atoms with van der Waals surface area (Å²) in [6.45, 7) is 4.95. The molecule has 1 N–H and O–H groups in total. The Morgan fingerprint density at radius 1 is 1.20 bits per heavy atom. The van der Waals surface area contributed by atoms with Crippen LogP contribution < -0.4 is 10.2 Å². The van der Waals surface area contributed by atoms with Gasteiger partial charge in [0.05, 0.1) is 5.92 Å². The number of hydrogen-bond acceptors (Lipinski definition) is 3. The molecule has 3 rings (SSSR count). The molecule has 4 nitrogen and oxygen atoms in total. The molecule has 1 aromatic carbocycles. The van der Waals surface area contributed by atoms with Crippen LogP contribution in [0.1, 0.15) is 49.4 Å². The van der Waals surface area contributed by atoms with Crippen molar-refractivity contribution in [2.24, 2.45) is 5.92 Å². The summed E-state index contributed by atoms with van der Waals surface area (Å²) in [7, 11) is 0. The Labute approximate surface area is 173 Å². The van der Waals surface area contributed by atoms with Gasteiger partial charge >= 0.3 is 6.18 Å². The van der Waals surface area contributed by atoms with Gasteiger partial charge in [-0.15, -0.1) is 0 Å². The molecule has 8 heteroatoms. The number of carbonyl (C=O) groups is 1. The number of piperidine rings is 1. The maximum Gasteiger partial charge on any atom is 0.433 e. The third kappa shape index (κ3) is 5.09. The Bertz CT molecular complexity index is 892. The van der Waals surface area contributed by atoms with E-state index in [1.807, 2.05) is 4.90 Å². The lowest BCUT2D eigenvalue weighted by Gasteiger charge is -2.33. The molecular formula is C22H25F4N3O. The van der Waals surface area contributed by atoms with Crippen LogP contribution in [0.4, 0.5) is 23.4 Å². The lowest BCUT2D eigenvalue weighted by atomic mass is 9.98. The number of pyridine rings is 1. The van der Waals surface area contributed by atoms with Gasteiger partial charge in [-0.2, -0.15) is 13.2 Å². The number of rotatable bonds is 5. The molecule has 162 valence electrons. The van der Waals surface area contributed by atoms with Gasteiger partial charge in [0.15, 0.2) is 0 Å². The number of nitrogens with zero attached hydrogens (tertiary/aromatic N) is 2. The summed E-state index contributed by atoms with van der Waals surface area (Å²) in [5, 5.41) is 2.72. The average Bonchev–Trinajstić information content (AvgIpc) is 2.71. The van der Waals surface area contributed by atoms with E-state index in [9.17, 15) is 22.4 Å². The summed E-state index contributed by atoms with van der Waals surface area (Å²) < 4.78 is 53.5. The highest BCUT2D eigenvalue weighted by molar-refractivity contribution is 5.83. The molecule has 0 bridgehead atoms. The molecule has 1 aliphatic heterocycles. The fourth-order valence-corrected chi connectivity index (χ4v) is 3.57. The first-order chi connectivity index (χ1) is 14.2. The standard InChI is InChI=1S/C22H25F4N3O/c1-14-9-11-29(12-10-14)20-16(7-8-19(28-20)22(24,25)26)13-27-21(30)15(2)17-5-3-4-6-18(17)23/h3-8,14-15H,9-13H2,1-2H3,(H,27,30). The van der Waals surface area contributed by atoms with Crippen molar-refractivity contribution in [1.29, 1.82) is 0 Å². The number of alkyl halides is 3. The number of halogens is 4. The lowest BCUT2D eigenvalue weighted by Crippen LogP contribution is -2.35. The summed E-state index contributed by atoms with van der Waals surface area (Å²) in [5.41, 5.74) is -0.177. The van der Waals surface area contributed by atoms with Gasteiger partial charge in [-0.1, -0.05) is 31.2 Å². The first kappa shape index (κ1) is 22.1. The van der Waals surface area contributed by atoms with Crippen molar-refractivity contribution in [3.05, 3.63) is 59.0 Å². The smallest absolute Gasteiger partial charge is 0.356 e. The molecule has 0 aliphatic carbocycles. The summed E-state index contributed by atoms with van der Waals surface area (Å²) in [4.78, 5) is 18.3. The zero-order valence-electron chi connectivity index (χ0n) is 17.0. The first-order valence-electron chi connectivity index (χ1n) is 10.0. The van der Waals surface area contributed by atoms with Gasteiger partial charge < -0.3 is 10.2 Å². The normalized spacial score (nSPS) is 16.4. The zero-order chi connectivity index (χ0) is 21.9. The SMILES string of the molecule is CC1CCN(c2nc(C(F)(F)F)ccc2CNC(=O)C(C)c2ccccc2F)CC1. The highest BCUT2D eigenvalue weighted by Crippen LogP contribution is 2.32. The van der Waals surface area contributed by atoms with Gasteiger partial charge in [0.2, 0.25) is 5.91 Å². The van der Waals surface area contributed by atoms with Crippen molar-refractivity contribution in [2.75, 3.05) is 18.0 Å². The van der Waals surface area contributed by atoms with Crippen LogP contribution in [-0.4, -0.2) is 24.0 Å². The molecule has 1 saturated heterocycles. The van der Waals surface area contributed by atoms with E-state index in [4.69, 9.17) is 0 Å². The minimum absolute atomic E-state index is 0.0180. The van der Waals surface area contributed by atoms with Crippen LogP contribution >= 0.6 is 0 Å². The van der Waals surface area contributed by atoms with Crippen LogP contribution in [0.5, 0.6) is 0 Å². The maximum atomic E-state index is 14.0. The van der Waals surface area contributed by atoms with Gasteiger partial charge in [0.1, 0.15) is 17.3 Å². The van der Waals surface area contributed by atoms with Crippen LogP contribution in [0, 0.1) is 11.7 Å². The van der Waals surface area contributed by atoms with E-state index in [-0.39, 0.29) is 17.9 Å². The van der Waals surface area contributed by atoms with E-state index >= 15 is 0 Å². The molecule has 30 heavy (non-hydrogen) atoms. The zero-order valence-corrected chi connectivity index (χ0v) is 17.0. The number of carbonyl (C=O) groups excluding carboxylic acids is 1. The molecule has 0 radical (unpaired) electrons. The second-order valence-electron chi connectivity index (χ2n) is 7.81. The molecule has 1 atom stereocenters. The summed E-state index contributed by atoms with van der Waals surface area (Å²) >= 11 is 0. The highest BCUT2D eigenvalue weighted by atomic mass is 19.4. The second-order valence-corrected chi connectivity index (χ2v) is 7.81.